The Kier molecular flexibility index (Phi) is 4.45. The van der Waals surface area contributed by atoms with E-state index in [2.05, 4.69) is 5.32 Å². The van der Waals surface area contributed by atoms with Gasteiger partial charge >= 0.3 is 5.97 Å². The highest BCUT2D eigenvalue weighted by Gasteiger charge is 2.30. The number of fused-ring (bicyclic) bond motifs is 1. The van der Waals surface area contributed by atoms with Crippen molar-refractivity contribution in [3.63, 3.8) is 0 Å². The van der Waals surface area contributed by atoms with E-state index in [0.717, 1.165) is 5.69 Å². The van der Waals surface area contributed by atoms with Crippen molar-refractivity contribution in [1.82, 2.24) is 4.90 Å². The van der Waals surface area contributed by atoms with Crippen LogP contribution < -0.4 is 10.1 Å². The second-order valence-electron chi connectivity index (χ2n) is 4.64. The minimum atomic E-state index is -1.02. The largest absolute Gasteiger partial charge is 0.480 e. The predicted molar refractivity (Wildman–Crippen MR) is 73.9 cm³/mol. The van der Waals surface area contributed by atoms with Gasteiger partial charge in [-0.2, -0.15) is 0 Å². The number of hydrogen-bond donors (Lipinski definition) is 2. The third-order valence-electron chi connectivity index (χ3n) is 3.04. The second-order valence-corrected chi connectivity index (χ2v) is 4.64. The van der Waals surface area contributed by atoms with Gasteiger partial charge in [0.25, 0.3) is 5.91 Å². The molecule has 0 spiro atoms. The maximum atomic E-state index is 12.3. The highest BCUT2D eigenvalue weighted by Crippen LogP contribution is 2.28. The molecule has 20 heavy (non-hydrogen) atoms. The Morgan fingerprint density at radius 1 is 1.45 bits per heavy atom. The summed E-state index contributed by atoms with van der Waals surface area (Å²) in [6.07, 6.45) is 0.0197. The van der Waals surface area contributed by atoms with Crippen molar-refractivity contribution in [3.8, 4) is 5.75 Å². The third-order valence-corrected chi connectivity index (χ3v) is 3.04. The predicted octanol–water partition coefficient (Wildman–Crippen LogP) is 1.18. The number of nitrogens with one attached hydrogen (secondary N) is 1. The molecule has 108 valence electrons. The second kappa shape index (κ2) is 6.27. The number of aliphatic carboxylic acids is 1. The van der Waals surface area contributed by atoms with E-state index >= 15 is 0 Å². The Balaban J connectivity index is 2.07. The van der Waals surface area contributed by atoms with Gasteiger partial charge in [0.2, 0.25) is 0 Å². The number of carbonyl (C=O) groups excluding carboxylic acids is 1. The van der Waals surface area contributed by atoms with Gasteiger partial charge in [0.15, 0.2) is 6.10 Å². The van der Waals surface area contributed by atoms with Crippen LogP contribution in [0.4, 0.5) is 5.69 Å². The quantitative estimate of drug-likeness (QED) is 0.845. The molecule has 6 heteroatoms. The molecule has 1 heterocycles. The number of carboxylic acid groups (broad SMARTS) is 1. The summed E-state index contributed by atoms with van der Waals surface area (Å²) in [5, 5.41) is 12.0. The fraction of sp³-hybridized carbons (Fsp3) is 0.429. The number of hydrogen-bond acceptors (Lipinski definition) is 4. The van der Waals surface area contributed by atoms with Crippen LogP contribution in [0.5, 0.6) is 5.75 Å². The normalized spacial score (nSPS) is 16.6. The first-order chi connectivity index (χ1) is 9.61. The first-order valence-electron chi connectivity index (χ1n) is 6.62. The Bertz CT molecular complexity index is 504. The smallest absolute Gasteiger partial charge is 0.323 e. The highest BCUT2D eigenvalue weighted by atomic mass is 16.5. The number of carbonyl (C=O) groups is 2. The van der Waals surface area contributed by atoms with Gasteiger partial charge in [-0.1, -0.05) is 19.1 Å². The monoisotopic (exact) mass is 278 g/mol. The van der Waals surface area contributed by atoms with E-state index in [1.54, 1.807) is 6.07 Å². The molecule has 1 aliphatic rings. The summed E-state index contributed by atoms with van der Waals surface area (Å²) in [4.78, 5) is 24.5. The molecule has 1 aromatic rings. The van der Waals surface area contributed by atoms with E-state index in [9.17, 15) is 9.59 Å². The SMILES string of the molecule is CCCN(CC(=O)O)C(=O)C1CNc2ccccc2O1. The number of ether oxygens (including phenoxy) is 1. The molecule has 0 radical (unpaired) electrons. The summed E-state index contributed by atoms with van der Waals surface area (Å²) < 4.78 is 5.66. The zero-order chi connectivity index (χ0) is 14.5. The number of nitrogens with zero attached hydrogens (tertiary/aromatic N) is 1. The molecule has 1 aliphatic heterocycles. The van der Waals surface area contributed by atoms with Crippen LogP contribution in [0.1, 0.15) is 13.3 Å². The summed E-state index contributed by atoms with van der Waals surface area (Å²) >= 11 is 0. The Morgan fingerprint density at radius 3 is 2.90 bits per heavy atom. The number of anilines is 1. The lowest BCUT2D eigenvalue weighted by atomic mass is 10.2. The summed E-state index contributed by atoms with van der Waals surface area (Å²) in [6.45, 7) is 2.36. The minimum Gasteiger partial charge on any atom is -0.480 e. The summed E-state index contributed by atoms with van der Waals surface area (Å²) in [5.41, 5.74) is 0.844. The molecule has 0 saturated carbocycles. The molecule has 0 fully saturated rings. The zero-order valence-corrected chi connectivity index (χ0v) is 11.3. The number of benzene rings is 1. The Morgan fingerprint density at radius 2 is 2.20 bits per heavy atom. The van der Waals surface area contributed by atoms with Crippen LogP contribution in [-0.2, 0) is 9.59 Å². The van der Waals surface area contributed by atoms with Crippen LogP contribution in [0.2, 0.25) is 0 Å². The van der Waals surface area contributed by atoms with Crippen molar-refractivity contribution < 1.29 is 19.4 Å². The molecular weight excluding hydrogens is 260 g/mol. The fourth-order valence-corrected chi connectivity index (χ4v) is 2.15. The Hall–Kier alpha value is -2.24. The lowest BCUT2D eigenvalue weighted by Gasteiger charge is -2.30. The van der Waals surface area contributed by atoms with Crippen LogP contribution in [0, 0.1) is 0 Å². The van der Waals surface area contributed by atoms with Crippen LogP contribution in [0.25, 0.3) is 0 Å². The summed E-state index contributed by atoms with van der Waals surface area (Å²) in [7, 11) is 0. The van der Waals surface area contributed by atoms with Gasteiger partial charge in [-0.05, 0) is 18.6 Å². The molecule has 1 unspecified atom stereocenters. The third kappa shape index (κ3) is 3.20. The van der Waals surface area contributed by atoms with Gasteiger partial charge in [0.1, 0.15) is 12.3 Å². The van der Waals surface area contributed by atoms with Crippen molar-refractivity contribution in [2.24, 2.45) is 0 Å². The average Bonchev–Trinajstić information content (AvgIpc) is 2.45. The first kappa shape index (κ1) is 14.2. The van der Waals surface area contributed by atoms with E-state index in [-0.39, 0.29) is 12.5 Å². The van der Waals surface area contributed by atoms with Gasteiger partial charge in [-0.3, -0.25) is 9.59 Å². The van der Waals surface area contributed by atoms with E-state index < -0.39 is 12.1 Å². The van der Waals surface area contributed by atoms with E-state index in [0.29, 0.717) is 25.3 Å². The molecule has 1 aromatic carbocycles. The molecular formula is C14H18N2O4. The topological polar surface area (TPSA) is 78.9 Å². The maximum Gasteiger partial charge on any atom is 0.323 e. The molecule has 6 nitrogen and oxygen atoms in total. The molecule has 2 rings (SSSR count). The van der Waals surface area contributed by atoms with Crippen LogP contribution in [0.3, 0.4) is 0 Å². The molecule has 2 N–H and O–H groups in total. The summed E-state index contributed by atoms with van der Waals surface area (Å²) in [6, 6.07) is 7.36. The highest BCUT2D eigenvalue weighted by molar-refractivity contribution is 5.86. The van der Waals surface area contributed by atoms with E-state index in [1.807, 2.05) is 25.1 Å². The maximum absolute atomic E-state index is 12.3. The van der Waals surface area contributed by atoms with Crippen LogP contribution >= 0.6 is 0 Å². The average molecular weight is 278 g/mol. The van der Waals surface area contributed by atoms with Gasteiger partial charge in [0.05, 0.1) is 12.2 Å². The fourth-order valence-electron chi connectivity index (χ4n) is 2.15. The van der Waals surface area contributed by atoms with Crippen molar-refractivity contribution >= 4 is 17.6 Å². The van der Waals surface area contributed by atoms with Gasteiger partial charge in [-0.25, -0.2) is 0 Å². The lowest BCUT2D eigenvalue weighted by Crippen LogP contribution is -2.48. The van der Waals surface area contributed by atoms with Crippen molar-refractivity contribution in [2.45, 2.75) is 19.4 Å². The number of amides is 1. The van der Waals surface area contributed by atoms with E-state index in [4.69, 9.17) is 9.84 Å². The van der Waals surface area contributed by atoms with Crippen LogP contribution in [-0.4, -0.2) is 47.6 Å². The van der Waals surface area contributed by atoms with Gasteiger partial charge in [0, 0.05) is 6.54 Å². The molecule has 0 aliphatic carbocycles. The molecule has 1 atom stereocenters. The van der Waals surface area contributed by atoms with Crippen molar-refractivity contribution in [3.05, 3.63) is 24.3 Å². The number of carboxylic acids is 1. The number of para-hydroxylation sites is 2. The molecule has 0 bridgehead atoms. The van der Waals surface area contributed by atoms with E-state index in [1.165, 1.54) is 4.90 Å². The van der Waals surface area contributed by atoms with Gasteiger partial charge < -0.3 is 20.1 Å². The lowest BCUT2D eigenvalue weighted by molar-refractivity contribution is -0.147. The Labute approximate surface area is 117 Å². The minimum absolute atomic E-state index is 0.295. The zero-order valence-electron chi connectivity index (χ0n) is 11.3. The molecule has 1 amide bonds. The van der Waals surface area contributed by atoms with Crippen LogP contribution in [0.15, 0.2) is 24.3 Å². The van der Waals surface area contributed by atoms with Crippen molar-refractivity contribution in [1.29, 1.82) is 0 Å². The first-order valence-corrected chi connectivity index (χ1v) is 6.62. The van der Waals surface area contributed by atoms with Crippen molar-refractivity contribution in [2.75, 3.05) is 25.0 Å². The molecule has 0 aromatic heterocycles. The summed E-state index contributed by atoms with van der Waals surface area (Å²) in [5.74, 6) is -0.698. The number of rotatable bonds is 5. The molecule has 0 saturated heterocycles. The standard InChI is InChI=1S/C14H18N2O4/c1-2-7-16(9-13(17)18)14(19)12-8-15-10-5-3-4-6-11(10)20-12/h3-6,12,15H,2,7-9H2,1H3,(H,17,18). The van der Waals surface area contributed by atoms with Gasteiger partial charge in [-0.15, -0.1) is 0 Å².